The summed E-state index contributed by atoms with van der Waals surface area (Å²) in [4.78, 5) is 28.3. The Morgan fingerprint density at radius 1 is 1.35 bits per heavy atom. The molecule has 2 fully saturated rings. The Labute approximate surface area is 140 Å². The van der Waals surface area contributed by atoms with Gasteiger partial charge in [0.2, 0.25) is 11.8 Å². The molecule has 3 rings (SSSR count). The number of carbonyl (C=O) groups is 2. The average Bonchev–Trinajstić information content (AvgIpc) is 3.16. The summed E-state index contributed by atoms with van der Waals surface area (Å²) >= 11 is 1.59. The molecule has 3 heterocycles. The lowest BCUT2D eigenvalue weighted by atomic mass is 10.2. The van der Waals surface area contributed by atoms with Crippen molar-refractivity contribution in [1.29, 1.82) is 0 Å². The summed E-state index contributed by atoms with van der Waals surface area (Å²) in [6.45, 7) is 5.65. The maximum absolute atomic E-state index is 12.1. The van der Waals surface area contributed by atoms with Crippen LogP contribution in [-0.2, 0) is 20.7 Å². The first kappa shape index (κ1) is 16.4. The first-order valence-electron chi connectivity index (χ1n) is 8.09. The Balaban J connectivity index is 1.40. The van der Waals surface area contributed by atoms with Crippen LogP contribution >= 0.6 is 11.3 Å². The molecule has 0 spiro atoms. The Bertz CT molecular complexity index is 529. The van der Waals surface area contributed by atoms with Crippen molar-refractivity contribution in [2.75, 3.05) is 45.9 Å². The van der Waals surface area contributed by atoms with Gasteiger partial charge in [0.25, 0.3) is 0 Å². The zero-order valence-electron chi connectivity index (χ0n) is 13.2. The highest BCUT2D eigenvalue weighted by Gasteiger charge is 2.30. The van der Waals surface area contributed by atoms with Gasteiger partial charge in [-0.1, -0.05) is 0 Å². The van der Waals surface area contributed by atoms with Gasteiger partial charge in [-0.3, -0.25) is 14.5 Å². The summed E-state index contributed by atoms with van der Waals surface area (Å²) in [6.07, 6.45) is 0.806. The number of rotatable bonds is 6. The quantitative estimate of drug-likeness (QED) is 0.813. The highest BCUT2D eigenvalue weighted by molar-refractivity contribution is 7.07. The average molecular weight is 337 g/mol. The Morgan fingerprint density at radius 2 is 2.17 bits per heavy atom. The normalized spacial score (nSPS) is 22.5. The van der Waals surface area contributed by atoms with Crippen molar-refractivity contribution in [3.05, 3.63) is 22.4 Å². The first-order valence-corrected chi connectivity index (χ1v) is 9.03. The second-order valence-corrected chi connectivity index (χ2v) is 6.85. The molecular weight excluding hydrogens is 314 g/mol. The predicted octanol–water partition coefficient (Wildman–Crippen LogP) is 0.340. The molecule has 7 heteroatoms. The molecule has 6 nitrogen and oxygen atoms in total. The van der Waals surface area contributed by atoms with Gasteiger partial charge in [0.1, 0.15) is 0 Å². The summed E-state index contributed by atoms with van der Waals surface area (Å²) in [7, 11) is 0. The number of likely N-dealkylation sites (tertiary alicyclic amines) is 1. The molecule has 2 amide bonds. The topological polar surface area (TPSA) is 61.9 Å². The van der Waals surface area contributed by atoms with Gasteiger partial charge in [-0.05, 0) is 22.4 Å². The molecule has 0 unspecified atom stereocenters. The van der Waals surface area contributed by atoms with Gasteiger partial charge < -0.3 is 15.0 Å². The van der Waals surface area contributed by atoms with E-state index in [-0.39, 0.29) is 17.9 Å². The molecule has 0 radical (unpaired) electrons. The highest BCUT2D eigenvalue weighted by atomic mass is 32.1. The molecule has 2 aliphatic rings. The zero-order valence-corrected chi connectivity index (χ0v) is 14.0. The first-order chi connectivity index (χ1) is 11.2. The number of thiophene rings is 1. The van der Waals surface area contributed by atoms with E-state index in [0.717, 1.165) is 45.0 Å². The number of amides is 2. The van der Waals surface area contributed by atoms with Crippen LogP contribution in [0.5, 0.6) is 0 Å². The van der Waals surface area contributed by atoms with Crippen molar-refractivity contribution in [3.63, 3.8) is 0 Å². The fraction of sp³-hybridized carbons (Fsp3) is 0.625. The minimum absolute atomic E-state index is 0.00349. The molecule has 1 N–H and O–H groups in total. The molecule has 23 heavy (non-hydrogen) atoms. The smallest absolute Gasteiger partial charge is 0.224 e. The van der Waals surface area contributed by atoms with Gasteiger partial charge in [-0.2, -0.15) is 11.3 Å². The lowest BCUT2D eigenvalue weighted by Crippen LogP contribution is -2.43. The number of nitrogens with zero attached hydrogens (tertiary/aromatic N) is 2. The standard InChI is InChI=1S/C16H23N3O3S/c20-15(9-13-1-8-23-12-13)17-14-10-16(21)19(11-14)3-2-18-4-6-22-7-5-18/h1,8,12,14H,2-7,9-11H2,(H,17,20)/t14-/m0/s1. The van der Waals surface area contributed by atoms with Crippen LogP contribution in [0.3, 0.4) is 0 Å². The largest absolute Gasteiger partial charge is 0.379 e. The van der Waals surface area contributed by atoms with Gasteiger partial charge in [0.15, 0.2) is 0 Å². The van der Waals surface area contributed by atoms with Crippen molar-refractivity contribution in [3.8, 4) is 0 Å². The Morgan fingerprint density at radius 3 is 2.91 bits per heavy atom. The maximum atomic E-state index is 12.1. The molecule has 1 aromatic rings. The van der Waals surface area contributed by atoms with Crippen LogP contribution in [-0.4, -0.2) is 73.6 Å². The van der Waals surface area contributed by atoms with Gasteiger partial charge in [-0.25, -0.2) is 0 Å². The fourth-order valence-electron chi connectivity index (χ4n) is 3.03. The van der Waals surface area contributed by atoms with Crippen LogP contribution in [0.4, 0.5) is 0 Å². The van der Waals surface area contributed by atoms with Crippen molar-refractivity contribution in [2.45, 2.75) is 18.9 Å². The number of hydrogen-bond acceptors (Lipinski definition) is 5. The lowest BCUT2D eigenvalue weighted by Gasteiger charge is -2.28. The molecule has 0 aromatic carbocycles. The van der Waals surface area contributed by atoms with Crippen molar-refractivity contribution in [1.82, 2.24) is 15.1 Å². The van der Waals surface area contributed by atoms with E-state index in [0.29, 0.717) is 19.4 Å². The van der Waals surface area contributed by atoms with Crippen LogP contribution in [0.2, 0.25) is 0 Å². The van der Waals surface area contributed by atoms with E-state index in [4.69, 9.17) is 4.74 Å². The summed E-state index contributed by atoms with van der Waals surface area (Å²) in [5, 5.41) is 6.93. The van der Waals surface area contributed by atoms with E-state index in [1.54, 1.807) is 11.3 Å². The SMILES string of the molecule is O=C(Cc1ccsc1)N[C@H]1CC(=O)N(CCN2CCOCC2)C1. The lowest BCUT2D eigenvalue weighted by molar-refractivity contribution is -0.128. The molecule has 0 bridgehead atoms. The Kier molecular flexibility index (Phi) is 5.64. The summed E-state index contributed by atoms with van der Waals surface area (Å²) in [5.41, 5.74) is 1.03. The van der Waals surface area contributed by atoms with Crippen molar-refractivity contribution < 1.29 is 14.3 Å². The molecule has 0 aliphatic carbocycles. The van der Waals surface area contributed by atoms with Crippen LogP contribution in [0.1, 0.15) is 12.0 Å². The second kappa shape index (κ2) is 7.90. The van der Waals surface area contributed by atoms with E-state index >= 15 is 0 Å². The molecule has 2 aliphatic heterocycles. The molecule has 1 atom stereocenters. The van der Waals surface area contributed by atoms with Crippen LogP contribution < -0.4 is 5.32 Å². The second-order valence-electron chi connectivity index (χ2n) is 6.07. The third kappa shape index (κ3) is 4.76. The van der Waals surface area contributed by atoms with Crippen LogP contribution in [0.25, 0.3) is 0 Å². The zero-order chi connectivity index (χ0) is 16.1. The predicted molar refractivity (Wildman–Crippen MR) is 88.4 cm³/mol. The van der Waals surface area contributed by atoms with Gasteiger partial charge >= 0.3 is 0 Å². The van der Waals surface area contributed by atoms with Gasteiger partial charge in [0.05, 0.1) is 25.7 Å². The summed E-state index contributed by atoms with van der Waals surface area (Å²) in [5.74, 6) is 0.135. The number of ether oxygens (including phenoxy) is 1. The fourth-order valence-corrected chi connectivity index (χ4v) is 3.70. The van der Waals surface area contributed by atoms with Gasteiger partial charge in [-0.15, -0.1) is 0 Å². The van der Waals surface area contributed by atoms with E-state index < -0.39 is 0 Å². The van der Waals surface area contributed by atoms with E-state index in [2.05, 4.69) is 10.2 Å². The number of morpholine rings is 1. The van der Waals surface area contributed by atoms with E-state index in [1.807, 2.05) is 21.7 Å². The van der Waals surface area contributed by atoms with Crippen LogP contribution in [0.15, 0.2) is 16.8 Å². The maximum Gasteiger partial charge on any atom is 0.224 e. The van der Waals surface area contributed by atoms with E-state index in [1.165, 1.54) is 0 Å². The molecule has 1 aromatic heterocycles. The Hall–Kier alpha value is -1.44. The monoisotopic (exact) mass is 337 g/mol. The number of hydrogen-bond donors (Lipinski definition) is 1. The molecular formula is C16H23N3O3S. The van der Waals surface area contributed by atoms with Crippen molar-refractivity contribution in [2.24, 2.45) is 0 Å². The summed E-state index contributed by atoms with van der Waals surface area (Å²) < 4.78 is 5.33. The van der Waals surface area contributed by atoms with Crippen molar-refractivity contribution >= 4 is 23.2 Å². The van der Waals surface area contributed by atoms with Gasteiger partial charge in [0, 0.05) is 39.1 Å². The van der Waals surface area contributed by atoms with Crippen LogP contribution in [0, 0.1) is 0 Å². The minimum atomic E-state index is -0.0571. The third-order valence-corrected chi connectivity index (χ3v) is 5.05. The van der Waals surface area contributed by atoms with E-state index in [9.17, 15) is 9.59 Å². The summed E-state index contributed by atoms with van der Waals surface area (Å²) in [6, 6.07) is 1.90. The molecule has 2 saturated heterocycles. The third-order valence-electron chi connectivity index (χ3n) is 4.31. The molecule has 0 saturated carbocycles. The number of nitrogens with one attached hydrogen (secondary N) is 1. The number of carbonyl (C=O) groups excluding carboxylic acids is 2. The minimum Gasteiger partial charge on any atom is -0.379 e. The molecule has 126 valence electrons. The highest BCUT2D eigenvalue weighted by Crippen LogP contribution is 2.12.